The summed E-state index contributed by atoms with van der Waals surface area (Å²) in [7, 11) is 0. The van der Waals surface area contributed by atoms with Gasteiger partial charge in [0.25, 0.3) is 0 Å². The number of hydrogen-bond acceptors (Lipinski definition) is 1. The van der Waals surface area contributed by atoms with Gasteiger partial charge < -0.3 is 5.32 Å². The van der Waals surface area contributed by atoms with Gasteiger partial charge in [0.15, 0.2) is 0 Å². The monoisotopic (exact) mass is 145 g/mol. The normalized spacial score (nSPS) is 7.60. The molecule has 1 amide bonds. The molecule has 0 aromatic carbocycles. The Bertz CT molecular complexity index is 63.7. The summed E-state index contributed by atoms with van der Waals surface area (Å²) in [5.74, 6) is 0.162. The zero-order valence-electron chi connectivity index (χ0n) is 7.53. The molecule has 0 heterocycles. The minimum atomic E-state index is 0.162. The molecule has 0 aromatic heterocycles. The molecule has 0 aliphatic heterocycles. The van der Waals surface area contributed by atoms with E-state index in [2.05, 4.69) is 5.32 Å². The van der Waals surface area contributed by atoms with Crippen LogP contribution in [0.1, 0.15) is 40.5 Å². The summed E-state index contributed by atoms with van der Waals surface area (Å²) in [6.45, 7) is 8.67. The van der Waals surface area contributed by atoms with Gasteiger partial charge in [0.05, 0.1) is 0 Å². The van der Waals surface area contributed by atoms with Crippen molar-refractivity contribution in [3.8, 4) is 0 Å². The van der Waals surface area contributed by atoms with Gasteiger partial charge in [-0.25, -0.2) is 0 Å². The smallest absolute Gasteiger partial charge is 0.219 e. The molecule has 2 heteroatoms. The number of carbonyl (C=O) groups excluding carboxylic acids is 1. The molecule has 0 aromatic rings. The number of amides is 1. The summed E-state index contributed by atoms with van der Waals surface area (Å²) in [4.78, 5) is 10.5. The average molecular weight is 145 g/mol. The second-order valence-corrected chi connectivity index (χ2v) is 1.70. The van der Waals surface area contributed by atoms with E-state index in [1.54, 1.807) is 0 Å². The minimum Gasteiger partial charge on any atom is -0.356 e. The van der Waals surface area contributed by atoms with Crippen LogP contribution in [-0.4, -0.2) is 12.5 Å². The Morgan fingerprint density at radius 2 is 1.80 bits per heavy atom. The van der Waals surface area contributed by atoms with E-state index in [0.29, 0.717) is 6.42 Å². The molecule has 0 spiro atoms. The van der Waals surface area contributed by atoms with Crippen molar-refractivity contribution in [2.45, 2.75) is 40.5 Å². The lowest BCUT2D eigenvalue weighted by molar-refractivity contribution is -0.121. The Balaban J connectivity index is 0. The average Bonchev–Trinajstić information content (AvgIpc) is 1.93. The molecule has 0 radical (unpaired) electrons. The van der Waals surface area contributed by atoms with E-state index in [1.807, 2.05) is 27.7 Å². The van der Waals surface area contributed by atoms with Crippen LogP contribution in [0.15, 0.2) is 0 Å². The van der Waals surface area contributed by atoms with Gasteiger partial charge >= 0.3 is 0 Å². The molecule has 0 aliphatic rings. The summed E-state index contributed by atoms with van der Waals surface area (Å²) in [5, 5.41) is 2.71. The predicted molar refractivity (Wildman–Crippen MR) is 44.9 cm³/mol. The van der Waals surface area contributed by atoms with Crippen molar-refractivity contribution < 1.29 is 4.79 Å². The van der Waals surface area contributed by atoms with Gasteiger partial charge in [-0.1, -0.05) is 20.8 Å². The molecule has 1 N–H and O–H groups in total. The Labute approximate surface area is 64.0 Å². The standard InChI is InChI=1S/C6H13NO.C2H6/c1-3-5-6(8)7-4-2;1-2/h3-5H2,1-2H3,(H,7,8);1-2H3. The molecule has 0 saturated carbocycles. The molecule has 0 fully saturated rings. The van der Waals surface area contributed by atoms with E-state index >= 15 is 0 Å². The fourth-order valence-electron chi connectivity index (χ4n) is 0.513. The summed E-state index contributed by atoms with van der Waals surface area (Å²) >= 11 is 0. The molecular weight excluding hydrogens is 126 g/mol. The van der Waals surface area contributed by atoms with Crippen LogP contribution in [0.5, 0.6) is 0 Å². The molecule has 0 aliphatic carbocycles. The van der Waals surface area contributed by atoms with E-state index in [-0.39, 0.29) is 5.91 Å². The van der Waals surface area contributed by atoms with E-state index in [4.69, 9.17) is 0 Å². The fraction of sp³-hybridized carbons (Fsp3) is 0.875. The van der Waals surface area contributed by atoms with Crippen LogP contribution in [-0.2, 0) is 4.79 Å². The summed E-state index contributed by atoms with van der Waals surface area (Å²) in [5.41, 5.74) is 0. The van der Waals surface area contributed by atoms with Crippen molar-refractivity contribution in [3.05, 3.63) is 0 Å². The molecule has 10 heavy (non-hydrogen) atoms. The third-order valence-electron chi connectivity index (χ3n) is 0.851. The van der Waals surface area contributed by atoms with Crippen LogP contribution in [0.3, 0.4) is 0 Å². The van der Waals surface area contributed by atoms with Gasteiger partial charge in [0.1, 0.15) is 0 Å². The number of hydrogen-bond donors (Lipinski definition) is 1. The molecule has 0 bridgehead atoms. The second kappa shape index (κ2) is 11.3. The highest BCUT2D eigenvalue weighted by molar-refractivity contribution is 5.75. The maximum Gasteiger partial charge on any atom is 0.219 e. The highest BCUT2D eigenvalue weighted by Gasteiger charge is 1.92. The quantitative estimate of drug-likeness (QED) is 0.646. The van der Waals surface area contributed by atoms with Crippen molar-refractivity contribution in [1.29, 1.82) is 0 Å². The zero-order chi connectivity index (χ0) is 8.41. The first-order valence-electron chi connectivity index (χ1n) is 4.08. The van der Waals surface area contributed by atoms with E-state index in [9.17, 15) is 4.79 Å². The van der Waals surface area contributed by atoms with Gasteiger partial charge in [-0.15, -0.1) is 0 Å². The molecule has 2 nitrogen and oxygen atoms in total. The lowest BCUT2D eigenvalue weighted by Gasteiger charge is -1.96. The van der Waals surface area contributed by atoms with E-state index < -0.39 is 0 Å². The van der Waals surface area contributed by atoms with E-state index in [0.717, 1.165) is 13.0 Å². The fourth-order valence-corrected chi connectivity index (χ4v) is 0.513. The second-order valence-electron chi connectivity index (χ2n) is 1.70. The predicted octanol–water partition coefficient (Wildman–Crippen LogP) is 1.95. The van der Waals surface area contributed by atoms with Crippen LogP contribution in [0.2, 0.25) is 0 Å². The molecule has 0 rings (SSSR count). The van der Waals surface area contributed by atoms with E-state index in [1.165, 1.54) is 0 Å². The Kier molecular flexibility index (Phi) is 13.7. The SMILES string of the molecule is CC.CCCC(=O)NCC. The highest BCUT2D eigenvalue weighted by Crippen LogP contribution is 1.83. The van der Waals surface area contributed by atoms with Gasteiger partial charge in [0.2, 0.25) is 5.91 Å². The van der Waals surface area contributed by atoms with Gasteiger partial charge in [0, 0.05) is 13.0 Å². The third-order valence-corrected chi connectivity index (χ3v) is 0.851. The number of carbonyl (C=O) groups is 1. The Morgan fingerprint density at radius 1 is 1.30 bits per heavy atom. The summed E-state index contributed by atoms with van der Waals surface area (Å²) < 4.78 is 0. The van der Waals surface area contributed by atoms with Crippen molar-refractivity contribution in [2.24, 2.45) is 0 Å². The molecule has 0 saturated heterocycles. The molecule has 0 unspecified atom stereocenters. The first kappa shape index (κ1) is 12.2. The Morgan fingerprint density at radius 3 is 2.10 bits per heavy atom. The molecular formula is C8H19NO. The maximum atomic E-state index is 10.5. The summed E-state index contributed by atoms with van der Waals surface area (Å²) in [6.07, 6.45) is 1.60. The van der Waals surface area contributed by atoms with Crippen LogP contribution >= 0.6 is 0 Å². The van der Waals surface area contributed by atoms with Gasteiger partial charge in [-0.05, 0) is 13.3 Å². The highest BCUT2D eigenvalue weighted by atomic mass is 16.1. The molecule has 0 atom stereocenters. The number of nitrogens with one attached hydrogen (secondary N) is 1. The first-order valence-corrected chi connectivity index (χ1v) is 4.08. The largest absolute Gasteiger partial charge is 0.356 e. The van der Waals surface area contributed by atoms with Crippen LogP contribution in [0.25, 0.3) is 0 Å². The molecule has 62 valence electrons. The van der Waals surface area contributed by atoms with Crippen LogP contribution < -0.4 is 5.32 Å². The minimum absolute atomic E-state index is 0.162. The van der Waals surface area contributed by atoms with Gasteiger partial charge in [-0.3, -0.25) is 4.79 Å². The maximum absolute atomic E-state index is 10.5. The number of rotatable bonds is 3. The van der Waals surface area contributed by atoms with Crippen molar-refractivity contribution in [3.63, 3.8) is 0 Å². The Hall–Kier alpha value is -0.530. The third kappa shape index (κ3) is 10.5. The lowest BCUT2D eigenvalue weighted by Crippen LogP contribution is -2.21. The van der Waals surface area contributed by atoms with Crippen molar-refractivity contribution in [1.82, 2.24) is 5.32 Å². The van der Waals surface area contributed by atoms with Crippen LogP contribution in [0.4, 0.5) is 0 Å². The zero-order valence-corrected chi connectivity index (χ0v) is 7.53. The van der Waals surface area contributed by atoms with Crippen molar-refractivity contribution >= 4 is 5.91 Å². The summed E-state index contributed by atoms with van der Waals surface area (Å²) in [6, 6.07) is 0. The first-order chi connectivity index (χ1) is 4.81. The van der Waals surface area contributed by atoms with Crippen molar-refractivity contribution in [2.75, 3.05) is 6.54 Å². The van der Waals surface area contributed by atoms with Gasteiger partial charge in [-0.2, -0.15) is 0 Å². The lowest BCUT2D eigenvalue weighted by atomic mass is 10.3. The topological polar surface area (TPSA) is 29.1 Å². The van der Waals surface area contributed by atoms with Crippen LogP contribution in [0, 0.1) is 0 Å².